The molecule has 104 valence electrons. The molecule has 1 rings (SSSR count). The van der Waals surface area contributed by atoms with E-state index in [4.69, 9.17) is 9.84 Å². The molecule has 5 nitrogen and oxygen atoms in total. The van der Waals surface area contributed by atoms with Crippen LogP contribution in [0.2, 0.25) is 0 Å². The van der Waals surface area contributed by atoms with Gasteiger partial charge in [-0.1, -0.05) is 6.08 Å². The molecular formula is C13H17NO4S. The maximum absolute atomic E-state index is 12.3. The van der Waals surface area contributed by atoms with Gasteiger partial charge in [-0.25, -0.2) is 4.79 Å². The van der Waals surface area contributed by atoms with Gasteiger partial charge < -0.3 is 14.7 Å². The summed E-state index contributed by atoms with van der Waals surface area (Å²) in [5.74, 6) is -0.912. The van der Waals surface area contributed by atoms with Gasteiger partial charge in [0.15, 0.2) is 0 Å². The Bertz CT molecular complexity index is 469. The van der Waals surface area contributed by atoms with Crippen LogP contribution in [-0.2, 0) is 4.79 Å². The zero-order valence-electron chi connectivity index (χ0n) is 11.0. The van der Waals surface area contributed by atoms with Crippen LogP contribution in [0.15, 0.2) is 24.1 Å². The van der Waals surface area contributed by atoms with Crippen molar-refractivity contribution in [2.24, 2.45) is 0 Å². The summed E-state index contributed by atoms with van der Waals surface area (Å²) in [5.41, 5.74) is 0. The summed E-state index contributed by atoms with van der Waals surface area (Å²) < 4.78 is 5.34. The number of hydrogen-bond acceptors (Lipinski definition) is 4. The zero-order valence-corrected chi connectivity index (χ0v) is 11.8. The fraction of sp³-hybridized carbons (Fsp3) is 0.385. The van der Waals surface area contributed by atoms with E-state index in [2.05, 4.69) is 6.58 Å². The second-order valence-corrected chi connectivity index (χ2v) is 4.76. The van der Waals surface area contributed by atoms with E-state index in [-0.39, 0.29) is 12.3 Å². The van der Waals surface area contributed by atoms with Crippen molar-refractivity contribution in [3.05, 3.63) is 29.0 Å². The third kappa shape index (κ3) is 3.57. The van der Waals surface area contributed by atoms with E-state index < -0.39 is 12.0 Å². The standard InChI is InChI=1S/C13H17NO4S/c1-4-6-9(13(16)17)14(3)12(15)11-10(18-5-2)7-8-19-11/h4,7-9H,1,5-6H2,2-3H3,(H,16,17)/t9-/m0/s1. The lowest BCUT2D eigenvalue weighted by molar-refractivity contribution is -0.141. The molecule has 0 saturated carbocycles. The van der Waals surface area contributed by atoms with Crippen molar-refractivity contribution in [2.75, 3.05) is 13.7 Å². The highest BCUT2D eigenvalue weighted by Crippen LogP contribution is 2.27. The van der Waals surface area contributed by atoms with Crippen LogP contribution in [0.25, 0.3) is 0 Å². The van der Waals surface area contributed by atoms with Crippen molar-refractivity contribution in [3.8, 4) is 5.75 Å². The summed E-state index contributed by atoms with van der Waals surface area (Å²) in [5, 5.41) is 10.9. The van der Waals surface area contributed by atoms with Crippen LogP contribution in [0.1, 0.15) is 23.0 Å². The molecule has 1 atom stereocenters. The van der Waals surface area contributed by atoms with Crippen LogP contribution in [-0.4, -0.2) is 41.6 Å². The summed E-state index contributed by atoms with van der Waals surface area (Å²) >= 11 is 1.24. The van der Waals surface area contributed by atoms with E-state index in [1.807, 2.05) is 6.92 Å². The number of rotatable bonds is 7. The number of hydrogen-bond donors (Lipinski definition) is 1. The summed E-state index contributed by atoms with van der Waals surface area (Å²) in [4.78, 5) is 25.0. The molecule has 0 fully saturated rings. The van der Waals surface area contributed by atoms with Crippen LogP contribution >= 0.6 is 11.3 Å². The van der Waals surface area contributed by atoms with Crippen molar-refractivity contribution in [2.45, 2.75) is 19.4 Å². The Morgan fingerprint density at radius 3 is 2.84 bits per heavy atom. The fourth-order valence-electron chi connectivity index (χ4n) is 1.61. The molecular weight excluding hydrogens is 266 g/mol. The van der Waals surface area contributed by atoms with Gasteiger partial charge in [-0.05, 0) is 24.8 Å². The molecule has 1 heterocycles. The first kappa shape index (κ1) is 15.2. The lowest BCUT2D eigenvalue weighted by Crippen LogP contribution is -2.41. The van der Waals surface area contributed by atoms with Gasteiger partial charge in [0.1, 0.15) is 16.7 Å². The third-order valence-electron chi connectivity index (χ3n) is 2.59. The van der Waals surface area contributed by atoms with Crippen LogP contribution < -0.4 is 4.74 Å². The predicted molar refractivity (Wildman–Crippen MR) is 73.8 cm³/mol. The van der Waals surface area contributed by atoms with E-state index in [0.29, 0.717) is 17.2 Å². The van der Waals surface area contributed by atoms with E-state index in [1.54, 1.807) is 11.4 Å². The maximum Gasteiger partial charge on any atom is 0.326 e. The van der Waals surface area contributed by atoms with E-state index in [0.717, 1.165) is 0 Å². The number of ether oxygens (including phenoxy) is 1. The summed E-state index contributed by atoms with van der Waals surface area (Å²) in [7, 11) is 1.47. The minimum Gasteiger partial charge on any atom is -0.492 e. The average molecular weight is 283 g/mol. The van der Waals surface area contributed by atoms with Gasteiger partial charge in [-0.15, -0.1) is 17.9 Å². The first-order valence-corrected chi connectivity index (χ1v) is 6.72. The van der Waals surface area contributed by atoms with E-state index in [1.165, 1.54) is 29.4 Å². The number of carbonyl (C=O) groups is 2. The zero-order chi connectivity index (χ0) is 14.4. The quantitative estimate of drug-likeness (QED) is 0.779. The number of likely N-dealkylation sites (N-methyl/N-ethyl adjacent to an activating group) is 1. The van der Waals surface area contributed by atoms with E-state index >= 15 is 0 Å². The highest BCUT2D eigenvalue weighted by atomic mass is 32.1. The van der Waals surface area contributed by atoms with Crippen LogP contribution in [0.4, 0.5) is 0 Å². The largest absolute Gasteiger partial charge is 0.492 e. The number of carboxylic acids is 1. The first-order chi connectivity index (χ1) is 9.02. The Morgan fingerprint density at radius 2 is 2.32 bits per heavy atom. The average Bonchev–Trinajstić information content (AvgIpc) is 2.82. The number of thiophene rings is 1. The van der Waals surface area contributed by atoms with Crippen molar-refractivity contribution in [3.63, 3.8) is 0 Å². The number of aliphatic carboxylic acids is 1. The van der Waals surface area contributed by atoms with Crippen molar-refractivity contribution in [1.82, 2.24) is 4.90 Å². The van der Waals surface area contributed by atoms with Gasteiger partial charge in [0.25, 0.3) is 5.91 Å². The Kier molecular flexibility index (Phi) is 5.57. The molecule has 0 aliphatic heterocycles. The summed E-state index contributed by atoms with van der Waals surface area (Å²) in [6.45, 7) is 5.79. The van der Waals surface area contributed by atoms with Gasteiger partial charge in [0, 0.05) is 7.05 Å². The van der Waals surface area contributed by atoms with Crippen LogP contribution in [0.3, 0.4) is 0 Å². The van der Waals surface area contributed by atoms with Crippen molar-refractivity contribution in [1.29, 1.82) is 0 Å². The number of amides is 1. The monoisotopic (exact) mass is 283 g/mol. The highest BCUT2D eigenvalue weighted by molar-refractivity contribution is 7.12. The molecule has 1 amide bonds. The molecule has 0 saturated heterocycles. The Morgan fingerprint density at radius 1 is 1.63 bits per heavy atom. The van der Waals surface area contributed by atoms with Gasteiger partial charge in [-0.3, -0.25) is 4.79 Å². The number of nitrogens with zero attached hydrogens (tertiary/aromatic N) is 1. The second kappa shape index (κ2) is 6.94. The second-order valence-electron chi connectivity index (χ2n) is 3.84. The minimum atomic E-state index is -1.05. The van der Waals surface area contributed by atoms with Gasteiger partial charge in [-0.2, -0.15) is 0 Å². The molecule has 1 N–H and O–H groups in total. The SMILES string of the molecule is C=CC[C@@H](C(=O)O)N(C)C(=O)c1sccc1OCC. The fourth-order valence-corrected chi connectivity index (χ4v) is 2.42. The maximum atomic E-state index is 12.3. The molecule has 0 radical (unpaired) electrons. The Hall–Kier alpha value is -1.82. The molecule has 0 aromatic carbocycles. The van der Waals surface area contributed by atoms with Gasteiger partial charge >= 0.3 is 5.97 Å². The van der Waals surface area contributed by atoms with E-state index in [9.17, 15) is 9.59 Å². The minimum absolute atomic E-state index is 0.201. The number of carbonyl (C=O) groups excluding carboxylic acids is 1. The highest BCUT2D eigenvalue weighted by Gasteiger charge is 2.28. The molecule has 0 bridgehead atoms. The van der Waals surface area contributed by atoms with Gasteiger partial charge in [0.05, 0.1) is 6.61 Å². The molecule has 0 unspecified atom stereocenters. The molecule has 1 aromatic rings. The molecule has 0 aliphatic rings. The molecule has 0 aliphatic carbocycles. The predicted octanol–water partition coefficient (Wildman–Crippen LogP) is 2.25. The third-order valence-corrected chi connectivity index (χ3v) is 3.47. The van der Waals surface area contributed by atoms with Gasteiger partial charge in [0.2, 0.25) is 0 Å². The molecule has 1 aromatic heterocycles. The number of carboxylic acid groups (broad SMARTS) is 1. The molecule has 6 heteroatoms. The molecule has 19 heavy (non-hydrogen) atoms. The lowest BCUT2D eigenvalue weighted by Gasteiger charge is -2.23. The first-order valence-electron chi connectivity index (χ1n) is 5.84. The summed E-state index contributed by atoms with van der Waals surface area (Å²) in [6, 6.07) is 0.792. The van der Waals surface area contributed by atoms with Crippen LogP contribution in [0.5, 0.6) is 5.75 Å². The van der Waals surface area contributed by atoms with Crippen molar-refractivity contribution >= 4 is 23.2 Å². The topological polar surface area (TPSA) is 66.8 Å². The Balaban J connectivity index is 2.94. The van der Waals surface area contributed by atoms with Crippen LogP contribution in [0, 0.1) is 0 Å². The normalized spacial score (nSPS) is 11.7. The molecule has 0 spiro atoms. The lowest BCUT2D eigenvalue weighted by atomic mass is 10.1. The smallest absolute Gasteiger partial charge is 0.326 e. The Labute approximate surface area is 116 Å². The van der Waals surface area contributed by atoms with Crippen molar-refractivity contribution < 1.29 is 19.4 Å². The summed E-state index contributed by atoms with van der Waals surface area (Å²) in [6.07, 6.45) is 1.69.